The average Bonchev–Trinajstić information content (AvgIpc) is 2.15. The monoisotopic (exact) mass is 242 g/mol. The second-order valence-corrected chi connectivity index (χ2v) is 4.75. The van der Waals surface area contributed by atoms with Crippen LogP contribution in [0, 0.1) is 5.41 Å². The maximum atomic E-state index is 12.2. The third kappa shape index (κ3) is 5.67. The van der Waals surface area contributed by atoms with Crippen LogP contribution in [0.4, 0.5) is 13.2 Å². The van der Waals surface area contributed by atoms with E-state index in [0.29, 0.717) is 19.6 Å². The molecule has 0 heterocycles. The molecular weight excluding hydrogens is 221 g/mol. The summed E-state index contributed by atoms with van der Waals surface area (Å²) < 4.78 is 36.5. The van der Waals surface area contributed by atoms with Crippen molar-refractivity contribution >= 4 is 0 Å². The van der Waals surface area contributed by atoms with Gasteiger partial charge in [-0.25, -0.2) is 0 Å². The van der Waals surface area contributed by atoms with Gasteiger partial charge < -0.3 is 15.7 Å². The van der Waals surface area contributed by atoms with Crippen LogP contribution in [-0.4, -0.2) is 48.5 Å². The normalized spacial score (nSPS) is 15.6. The molecule has 0 aromatic rings. The van der Waals surface area contributed by atoms with Crippen LogP contribution in [0.15, 0.2) is 0 Å². The summed E-state index contributed by atoms with van der Waals surface area (Å²) in [7, 11) is 0. The first-order chi connectivity index (χ1) is 7.12. The highest BCUT2D eigenvalue weighted by molar-refractivity contribution is 4.77. The maximum absolute atomic E-state index is 12.2. The lowest BCUT2D eigenvalue weighted by molar-refractivity contribution is -0.208. The Kier molecular flexibility index (Phi) is 5.72. The minimum atomic E-state index is -4.56. The third-order valence-electron chi connectivity index (χ3n) is 2.46. The molecule has 0 aliphatic carbocycles. The molecule has 0 saturated heterocycles. The van der Waals surface area contributed by atoms with Gasteiger partial charge >= 0.3 is 6.18 Å². The Hall–Kier alpha value is -0.330. The Bertz CT molecular complexity index is 207. The molecule has 6 heteroatoms. The molecule has 16 heavy (non-hydrogen) atoms. The summed E-state index contributed by atoms with van der Waals surface area (Å²) in [5.41, 5.74) is 5.27. The second kappa shape index (κ2) is 5.84. The molecule has 3 N–H and O–H groups in total. The van der Waals surface area contributed by atoms with E-state index in [4.69, 9.17) is 10.8 Å². The molecule has 0 aliphatic heterocycles. The minimum absolute atomic E-state index is 0.249. The van der Waals surface area contributed by atoms with Crippen molar-refractivity contribution in [2.24, 2.45) is 11.1 Å². The van der Waals surface area contributed by atoms with Crippen LogP contribution in [0.3, 0.4) is 0 Å². The van der Waals surface area contributed by atoms with Crippen molar-refractivity contribution in [3.05, 3.63) is 0 Å². The quantitative estimate of drug-likeness (QED) is 0.736. The van der Waals surface area contributed by atoms with Crippen LogP contribution in [0.1, 0.15) is 20.8 Å². The molecule has 0 aliphatic rings. The van der Waals surface area contributed by atoms with E-state index >= 15 is 0 Å². The number of hydrogen-bond acceptors (Lipinski definition) is 3. The lowest BCUT2D eigenvalue weighted by atomic mass is 9.93. The molecule has 0 aromatic carbocycles. The van der Waals surface area contributed by atoms with Gasteiger partial charge in [0.15, 0.2) is 6.10 Å². The zero-order valence-electron chi connectivity index (χ0n) is 10.0. The van der Waals surface area contributed by atoms with Crippen molar-refractivity contribution in [1.82, 2.24) is 4.90 Å². The molecule has 0 aromatic heterocycles. The molecule has 0 saturated carbocycles. The molecule has 0 radical (unpaired) electrons. The van der Waals surface area contributed by atoms with Crippen molar-refractivity contribution in [3.63, 3.8) is 0 Å². The molecule has 98 valence electrons. The van der Waals surface area contributed by atoms with E-state index < -0.39 is 18.8 Å². The van der Waals surface area contributed by atoms with Gasteiger partial charge in [-0.05, 0) is 18.5 Å². The number of aliphatic hydroxyl groups is 1. The first-order valence-electron chi connectivity index (χ1n) is 5.29. The van der Waals surface area contributed by atoms with Crippen molar-refractivity contribution in [2.75, 3.05) is 26.2 Å². The van der Waals surface area contributed by atoms with Crippen LogP contribution < -0.4 is 5.73 Å². The molecule has 1 unspecified atom stereocenters. The van der Waals surface area contributed by atoms with Gasteiger partial charge in [0.05, 0.1) is 0 Å². The van der Waals surface area contributed by atoms with Crippen LogP contribution in [0.2, 0.25) is 0 Å². The fraction of sp³-hybridized carbons (Fsp3) is 1.00. The van der Waals surface area contributed by atoms with E-state index in [9.17, 15) is 13.2 Å². The topological polar surface area (TPSA) is 49.5 Å². The van der Waals surface area contributed by atoms with Crippen LogP contribution in [0.25, 0.3) is 0 Å². The Morgan fingerprint density at radius 1 is 1.31 bits per heavy atom. The number of hydrogen-bond donors (Lipinski definition) is 2. The number of nitrogens with zero attached hydrogens (tertiary/aromatic N) is 1. The number of nitrogens with two attached hydrogens (primary N) is 1. The van der Waals surface area contributed by atoms with Crippen LogP contribution in [0.5, 0.6) is 0 Å². The number of halogens is 3. The SMILES string of the molecule is CCN(CC(O)C(F)(F)F)CC(C)(C)CN. The summed E-state index contributed by atoms with van der Waals surface area (Å²) in [5, 5.41) is 8.96. The van der Waals surface area contributed by atoms with Crippen molar-refractivity contribution in [1.29, 1.82) is 0 Å². The van der Waals surface area contributed by atoms with Crippen LogP contribution in [-0.2, 0) is 0 Å². The highest BCUT2D eigenvalue weighted by Crippen LogP contribution is 2.22. The molecule has 3 nitrogen and oxygen atoms in total. The Labute approximate surface area is 94.4 Å². The molecule has 0 amide bonds. The molecular formula is C10H21F3N2O. The van der Waals surface area contributed by atoms with Crippen molar-refractivity contribution < 1.29 is 18.3 Å². The molecule has 0 bridgehead atoms. The lowest BCUT2D eigenvalue weighted by Gasteiger charge is -2.32. The summed E-state index contributed by atoms with van der Waals surface area (Å²) in [6.45, 7) is 6.42. The van der Waals surface area contributed by atoms with Gasteiger partial charge in [-0.3, -0.25) is 0 Å². The predicted molar refractivity (Wildman–Crippen MR) is 57.0 cm³/mol. The number of rotatable bonds is 6. The van der Waals surface area contributed by atoms with Gasteiger partial charge in [0.2, 0.25) is 0 Å². The van der Waals surface area contributed by atoms with Gasteiger partial charge in [0.1, 0.15) is 0 Å². The van der Waals surface area contributed by atoms with Gasteiger partial charge in [-0.2, -0.15) is 13.2 Å². The second-order valence-electron chi connectivity index (χ2n) is 4.75. The van der Waals surface area contributed by atoms with E-state index in [1.807, 2.05) is 13.8 Å². The number of likely N-dealkylation sites (N-methyl/N-ethyl adjacent to an activating group) is 1. The summed E-state index contributed by atoms with van der Waals surface area (Å²) in [4.78, 5) is 1.56. The van der Waals surface area contributed by atoms with Crippen molar-refractivity contribution in [2.45, 2.75) is 33.1 Å². The molecule has 1 atom stereocenters. The van der Waals surface area contributed by atoms with E-state index in [-0.39, 0.29) is 5.41 Å². The molecule has 0 rings (SSSR count). The Morgan fingerprint density at radius 3 is 2.12 bits per heavy atom. The zero-order chi connectivity index (χ0) is 13.0. The fourth-order valence-electron chi connectivity index (χ4n) is 1.32. The van der Waals surface area contributed by atoms with E-state index in [0.717, 1.165) is 0 Å². The first kappa shape index (κ1) is 15.7. The molecule has 0 fully saturated rings. The third-order valence-corrected chi connectivity index (χ3v) is 2.46. The standard InChI is InChI=1S/C10H21F3N2O/c1-4-15(7-9(2,3)6-14)5-8(16)10(11,12)13/h8,16H,4-7,14H2,1-3H3. The summed E-state index contributed by atoms with van der Waals surface area (Å²) in [6.07, 6.45) is -6.85. The van der Waals surface area contributed by atoms with Crippen LogP contribution >= 0.6 is 0 Å². The van der Waals surface area contributed by atoms with Gasteiger partial charge in [0, 0.05) is 13.1 Å². The minimum Gasteiger partial charge on any atom is -0.382 e. The highest BCUT2D eigenvalue weighted by Gasteiger charge is 2.39. The smallest absolute Gasteiger partial charge is 0.382 e. The summed E-state index contributed by atoms with van der Waals surface area (Å²) in [5.74, 6) is 0. The van der Waals surface area contributed by atoms with E-state index in [2.05, 4.69) is 0 Å². The van der Waals surface area contributed by atoms with E-state index in [1.165, 1.54) is 0 Å². The molecule has 0 spiro atoms. The Morgan fingerprint density at radius 2 is 1.81 bits per heavy atom. The van der Waals surface area contributed by atoms with Gasteiger partial charge in [-0.15, -0.1) is 0 Å². The Balaban J connectivity index is 4.32. The lowest BCUT2D eigenvalue weighted by Crippen LogP contribution is -2.45. The summed E-state index contributed by atoms with van der Waals surface area (Å²) in [6, 6.07) is 0. The predicted octanol–water partition coefficient (Wildman–Crippen LogP) is 1.22. The fourth-order valence-corrected chi connectivity index (χ4v) is 1.32. The first-order valence-corrected chi connectivity index (χ1v) is 5.29. The number of aliphatic hydroxyl groups excluding tert-OH is 1. The number of alkyl halides is 3. The maximum Gasteiger partial charge on any atom is 0.415 e. The zero-order valence-corrected chi connectivity index (χ0v) is 10.0. The van der Waals surface area contributed by atoms with Crippen molar-refractivity contribution in [3.8, 4) is 0 Å². The van der Waals surface area contributed by atoms with Gasteiger partial charge in [-0.1, -0.05) is 20.8 Å². The van der Waals surface area contributed by atoms with Gasteiger partial charge in [0.25, 0.3) is 0 Å². The summed E-state index contributed by atoms with van der Waals surface area (Å²) >= 11 is 0. The van der Waals surface area contributed by atoms with E-state index in [1.54, 1.807) is 11.8 Å². The average molecular weight is 242 g/mol. The largest absolute Gasteiger partial charge is 0.415 e. The highest BCUT2D eigenvalue weighted by atomic mass is 19.4.